The average Bonchev–Trinajstić information content (AvgIpc) is 3.25. The molecule has 3 N–H and O–H groups in total. The van der Waals surface area contributed by atoms with Gasteiger partial charge >= 0.3 is 0 Å². The number of amides is 2. The minimum Gasteiger partial charge on any atom is -0.361 e. The first-order valence-electron chi connectivity index (χ1n) is 12.1. The van der Waals surface area contributed by atoms with Crippen molar-refractivity contribution in [3.8, 4) is 0 Å². The van der Waals surface area contributed by atoms with E-state index in [0.29, 0.717) is 13.0 Å². The van der Waals surface area contributed by atoms with Crippen LogP contribution in [0.2, 0.25) is 0 Å². The second-order valence-corrected chi connectivity index (χ2v) is 9.59. The van der Waals surface area contributed by atoms with Crippen LogP contribution in [-0.4, -0.2) is 46.9 Å². The largest absolute Gasteiger partial charge is 0.361 e. The van der Waals surface area contributed by atoms with Crippen LogP contribution in [0.3, 0.4) is 0 Å². The molecule has 1 aliphatic heterocycles. The third kappa shape index (κ3) is 6.25. The van der Waals surface area contributed by atoms with Crippen LogP contribution in [-0.2, 0) is 22.6 Å². The van der Waals surface area contributed by atoms with E-state index in [1.54, 1.807) is 19.9 Å². The average molecular weight is 483 g/mol. The molecular weight excluding hydrogens is 450 g/mol. The third-order valence-corrected chi connectivity index (χ3v) is 6.58. The summed E-state index contributed by atoms with van der Waals surface area (Å²) >= 11 is 0. The predicted molar refractivity (Wildman–Crippen MR) is 132 cm³/mol. The standard InChI is InChI=1S/C27H32F2N4O2/c1-17(2)26(34)32-25(14-19-15-30-24-6-4-3-5-21(19)24)27(35)31-20-9-11-33(12-10-20)16-18-7-8-22(28)23(29)13-18/h3-8,13,15,17,20,25,30H,9-12,14,16H2,1-2H3,(H,31,35)(H,32,34). The first-order valence-corrected chi connectivity index (χ1v) is 12.1. The van der Waals surface area contributed by atoms with Gasteiger partial charge in [0.15, 0.2) is 11.6 Å². The molecule has 1 saturated heterocycles. The van der Waals surface area contributed by atoms with Crippen molar-refractivity contribution >= 4 is 22.7 Å². The van der Waals surface area contributed by atoms with E-state index >= 15 is 0 Å². The molecular formula is C27H32F2N4O2. The maximum Gasteiger partial charge on any atom is 0.243 e. The Morgan fingerprint density at radius 1 is 1.06 bits per heavy atom. The molecule has 1 aliphatic rings. The molecule has 35 heavy (non-hydrogen) atoms. The van der Waals surface area contributed by atoms with E-state index < -0.39 is 17.7 Å². The summed E-state index contributed by atoms with van der Waals surface area (Å²) in [4.78, 5) is 31.1. The number of aromatic nitrogens is 1. The molecule has 0 aliphatic carbocycles. The summed E-state index contributed by atoms with van der Waals surface area (Å²) in [7, 11) is 0. The zero-order valence-electron chi connectivity index (χ0n) is 20.1. The fourth-order valence-corrected chi connectivity index (χ4v) is 4.50. The Hall–Kier alpha value is -3.26. The van der Waals surface area contributed by atoms with Crippen LogP contribution >= 0.6 is 0 Å². The maximum absolute atomic E-state index is 13.5. The van der Waals surface area contributed by atoms with E-state index in [4.69, 9.17) is 0 Å². The molecule has 2 heterocycles. The van der Waals surface area contributed by atoms with Crippen LogP contribution in [0.15, 0.2) is 48.7 Å². The zero-order valence-corrected chi connectivity index (χ0v) is 20.1. The van der Waals surface area contributed by atoms with Gasteiger partial charge < -0.3 is 15.6 Å². The van der Waals surface area contributed by atoms with Gasteiger partial charge in [-0.25, -0.2) is 8.78 Å². The van der Waals surface area contributed by atoms with Crippen LogP contribution in [0, 0.1) is 17.6 Å². The number of H-pyrrole nitrogens is 1. The van der Waals surface area contributed by atoms with Gasteiger partial charge in [0.2, 0.25) is 11.8 Å². The van der Waals surface area contributed by atoms with Crippen LogP contribution in [0.1, 0.15) is 37.8 Å². The topological polar surface area (TPSA) is 77.2 Å². The lowest BCUT2D eigenvalue weighted by atomic mass is 10.0. The Bertz CT molecular complexity index is 1180. The molecule has 8 heteroatoms. The molecule has 1 aromatic heterocycles. The summed E-state index contributed by atoms with van der Waals surface area (Å²) in [5.41, 5.74) is 2.69. The first-order chi connectivity index (χ1) is 16.8. The van der Waals surface area contributed by atoms with E-state index in [2.05, 4.69) is 20.5 Å². The highest BCUT2D eigenvalue weighted by Gasteiger charge is 2.27. The van der Waals surface area contributed by atoms with Gasteiger partial charge in [-0.05, 0) is 42.2 Å². The Labute approximate surface area is 204 Å². The summed E-state index contributed by atoms with van der Waals surface area (Å²) in [5.74, 6) is -2.27. The number of carbonyl (C=O) groups is 2. The number of rotatable bonds is 8. The van der Waals surface area contributed by atoms with Crippen LogP contribution < -0.4 is 10.6 Å². The van der Waals surface area contributed by atoms with Gasteiger partial charge in [0.1, 0.15) is 6.04 Å². The minimum atomic E-state index is -0.845. The predicted octanol–water partition coefficient (Wildman–Crippen LogP) is 3.91. The van der Waals surface area contributed by atoms with Crippen LogP contribution in [0.4, 0.5) is 8.78 Å². The lowest BCUT2D eigenvalue weighted by Crippen LogP contribution is -2.53. The molecule has 186 valence electrons. The van der Waals surface area contributed by atoms with Crippen molar-refractivity contribution in [1.29, 1.82) is 0 Å². The Balaban J connectivity index is 1.36. The summed E-state index contributed by atoms with van der Waals surface area (Å²) in [6.45, 7) is 5.60. The van der Waals surface area contributed by atoms with Gasteiger partial charge in [0.05, 0.1) is 0 Å². The molecule has 2 aromatic carbocycles. The summed E-state index contributed by atoms with van der Waals surface area (Å²) < 4.78 is 26.7. The second-order valence-electron chi connectivity index (χ2n) is 9.59. The normalized spacial score (nSPS) is 15.9. The molecule has 0 saturated carbocycles. The Kier molecular flexibility index (Phi) is 7.80. The first kappa shape index (κ1) is 24.9. The molecule has 0 spiro atoms. The van der Waals surface area contributed by atoms with Crippen molar-refractivity contribution in [1.82, 2.24) is 20.5 Å². The highest BCUT2D eigenvalue weighted by atomic mass is 19.2. The monoisotopic (exact) mass is 482 g/mol. The van der Waals surface area contributed by atoms with Crippen molar-refractivity contribution in [2.24, 2.45) is 5.92 Å². The van der Waals surface area contributed by atoms with E-state index in [-0.39, 0.29) is 23.8 Å². The summed E-state index contributed by atoms with van der Waals surface area (Å²) in [6.07, 6.45) is 3.77. The zero-order chi connectivity index (χ0) is 24.9. The fraction of sp³-hybridized carbons (Fsp3) is 0.407. The number of carbonyl (C=O) groups excluding carboxylic acids is 2. The van der Waals surface area contributed by atoms with E-state index in [1.165, 1.54) is 6.07 Å². The Morgan fingerprint density at radius 3 is 2.51 bits per heavy atom. The van der Waals surface area contributed by atoms with Crippen LogP contribution in [0.25, 0.3) is 10.9 Å². The lowest BCUT2D eigenvalue weighted by Gasteiger charge is -2.33. The number of nitrogens with one attached hydrogen (secondary N) is 3. The second kappa shape index (κ2) is 11.0. The molecule has 1 unspecified atom stereocenters. The number of fused-ring (bicyclic) bond motifs is 1. The molecule has 1 atom stereocenters. The number of hydrogen-bond acceptors (Lipinski definition) is 3. The number of aromatic amines is 1. The fourth-order valence-electron chi connectivity index (χ4n) is 4.50. The van der Waals surface area contributed by atoms with Crippen molar-refractivity contribution in [3.63, 3.8) is 0 Å². The smallest absolute Gasteiger partial charge is 0.243 e. The van der Waals surface area contributed by atoms with Crippen molar-refractivity contribution in [2.45, 2.75) is 51.7 Å². The number of hydrogen-bond donors (Lipinski definition) is 3. The highest BCUT2D eigenvalue weighted by Crippen LogP contribution is 2.20. The number of nitrogens with zero attached hydrogens (tertiary/aromatic N) is 1. The number of piperidine rings is 1. The van der Waals surface area contributed by atoms with E-state index in [9.17, 15) is 18.4 Å². The van der Waals surface area contributed by atoms with Gasteiger partial charge in [-0.2, -0.15) is 0 Å². The van der Waals surface area contributed by atoms with Crippen molar-refractivity contribution in [2.75, 3.05) is 13.1 Å². The Morgan fingerprint density at radius 2 is 1.80 bits per heavy atom. The SMILES string of the molecule is CC(C)C(=O)NC(Cc1c[nH]c2ccccc12)C(=O)NC1CCN(Cc2ccc(F)c(F)c2)CC1. The maximum atomic E-state index is 13.5. The lowest BCUT2D eigenvalue weighted by molar-refractivity contribution is -0.131. The molecule has 0 radical (unpaired) electrons. The summed E-state index contributed by atoms with van der Waals surface area (Å²) in [6, 6.07) is 11.2. The molecule has 2 amide bonds. The molecule has 0 bridgehead atoms. The van der Waals surface area contributed by atoms with Gasteiger partial charge in [0.25, 0.3) is 0 Å². The molecule has 3 aromatic rings. The van der Waals surface area contributed by atoms with E-state index in [0.717, 1.165) is 54.0 Å². The van der Waals surface area contributed by atoms with Gasteiger partial charge in [-0.15, -0.1) is 0 Å². The number of likely N-dealkylation sites (tertiary alicyclic amines) is 1. The van der Waals surface area contributed by atoms with Crippen LogP contribution in [0.5, 0.6) is 0 Å². The van der Waals surface area contributed by atoms with Gasteiger partial charge in [-0.3, -0.25) is 14.5 Å². The number of benzene rings is 2. The highest BCUT2D eigenvalue weighted by molar-refractivity contribution is 5.90. The number of para-hydroxylation sites is 1. The molecule has 1 fully saturated rings. The quantitative estimate of drug-likeness (QED) is 0.456. The van der Waals surface area contributed by atoms with Crippen molar-refractivity contribution < 1.29 is 18.4 Å². The van der Waals surface area contributed by atoms with E-state index in [1.807, 2.05) is 30.5 Å². The van der Waals surface area contributed by atoms with Crippen molar-refractivity contribution in [3.05, 3.63) is 71.4 Å². The third-order valence-electron chi connectivity index (χ3n) is 6.58. The number of halogens is 2. The molecule has 4 rings (SSSR count). The van der Waals surface area contributed by atoms with Gasteiger partial charge in [-0.1, -0.05) is 38.1 Å². The summed E-state index contributed by atoms with van der Waals surface area (Å²) in [5, 5.41) is 7.08. The minimum absolute atomic E-state index is 0.00914. The van der Waals surface area contributed by atoms with Gasteiger partial charge in [0, 0.05) is 55.1 Å². The molecule has 6 nitrogen and oxygen atoms in total.